The van der Waals surface area contributed by atoms with Crippen molar-refractivity contribution >= 4 is 17.6 Å². The maximum absolute atomic E-state index is 11.7. The van der Waals surface area contributed by atoms with Crippen molar-refractivity contribution in [1.29, 1.82) is 0 Å². The van der Waals surface area contributed by atoms with Crippen LogP contribution in [0.5, 0.6) is 0 Å². The monoisotopic (exact) mass is 334 g/mol. The van der Waals surface area contributed by atoms with Crippen LogP contribution in [0, 0.1) is 6.92 Å². The third-order valence-electron chi connectivity index (χ3n) is 4.36. The molecule has 0 spiro atoms. The summed E-state index contributed by atoms with van der Waals surface area (Å²) in [4.78, 5) is 13.6. The summed E-state index contributed by atoms with van der Waals surface area (Å²) in [5, 5.41) is 18.5. The fraction of sp³-hybridized carbons (Fsp3) is 0.438. The van der Waals surface area contributed by atoms with E-state index in [2.05, 4.69) is 17.1 Å². The van der Waals surface area contributed by atoms with E-state index in [0.29, 0.717) is 24.7 Å². The quantitative estimate of drug-likeness (QED) is 0.929. The summed E-state index contributed by atoms with van der Waals surface area (Å²) >= 11 is 6.05. The van der Waals surface area contributed by atoms with Crippen LogP contribution >= 0.6 is 11.6 Å². The van der Waals surface area contributed by atoms with Crippen LogP contribution in [0.15, 0.2) is 24.3 Å². The van der Waals surface area contributed by atoms with Gasteiger partial charge in [-0.1, -0.05) is 30.7 Å². The van der Waals surface area contributed by atoms with E-state index in [1.165, 1.54) is 0 Å². The number of rotatable bonds is 4. The van der Waals surface area contributed by atoms with Crippen molar-refractivity contribution < 1.29 is 9.90 Å². The number of halogens is 1. The van der Waals surface area contributed by atoms with Crippen LogP contribution in [0.2, 0.25) is 5.02 Å². The van der Waals surface area contributed by atoms with Crippen LogP contribution in [-0.2, 0) is 17.9 Å². The first-order valence-corrected chi connectivity index (χ1v) is 7.94. The molecule has 0 fully saturated rings. The van der Waals surface area contributed by atoms with Gasteiger partial charge in [-0.25, -0.2) is 0 Å². The molecule has 23 heavy (non-hydrogen) atoms. The summed E-state index contributed by atoms with van der Waals surface area (Å²) < 4.78 is 1.89. The number of aryl methyl sites for hydroxylation is 1. The highest BCUT2D eigenvalue weighted by Gasteiger charge is 2.34. The van der Waals surface area contributed by atoms with Crippen molar-refractivity contribution in [2.45, 2.75) is 38.9 Å². The molecular weight excluding hydrogens is 316 g/mol. The predicted molar refractivity (Wildman–Crippen MR) is 86.5 cm³/mol. The minimum Gasteiger partial charge on any atom is -0.480 e. The second kappa shape index (κ2) is 6.29. The summed E-state index contributed by atoms with van der Waals surface area (Å²) in [6.07, 6.45) is 0. The lowest BCUT2D eigenvalue weighted by Crippen LogP contribution is -2.49. The fourth-order valence-corrected chi connectivity index (χ4v) is 3.25. The van der Waals surface area contributed by atoms with E-state index in [0.717, 1.165) is 17.2 Å². The van der Waals surface area contributed by atoms with Gasteiger partial charge in [0.05, 0.1) is 13.1 Å². The van der Waals surface area contributed by atoms with Crippen LogP contribution < -0.4 is 0 Å². The van der Waals surface area contributed by atoms with Gasteiger partial charge in [0.1, 0.15) is 17.7 Å². The van der Waals surface area contributed by atoms with E-state index in [9.17, 15) is 9.90 Å². The lowest BCUT2D eigenvalue weighted by molar-refractivity contribution is -0.145. The number of benzene rings is 1. The Kier molecular flexibility index (Phi) is 4.37. The van der Waals surface area contributed by atoms with Gasteiger partial charge in [-0.05, 0) is 30.5 Å². The SMILES string of the molecule is Cc1nnc2n1CC(C(=O)O)N(CC(C)c1cccc(Cl)c1)C2. The number of aromatic nitrogens is 3. The maximum atomic E-state index is 11.7. The van der Waals surface area contributed by atoms with E-state index < -0.39 is 12.0 Å². The van der Waals surface area contributed by atoms with Gasteiger partial charge in [-0.15, -0.1) is 10.2 Å². The van der Waals surface area contributed by atoms with Gasteiger partial charge >= 0.3 is 5.97 Å². The zero-order valence-electron chi connectivity index (χ0n) is 13.1. The number of hydrogen-bond donors (Lipinski definition) is 1. The fourth-order valence-electron chi connectivity index (χ4n) is 3.06. The van der Waals surface area contributed by atoms with E-state index in [-0.39, 0.29) is 5.92 Å². The van der Waals surface area contributed by atoms with Gasteiger partial charge in [-0.2, -0.15) is 0 Å². The number of carbonyl (C=O) groups is 1. The number of nitrogens with zero attached hydrogens (tertiary/aromatic N) is 4. The Hall–Kier alpha value is -1.92. The zero-order chi connectivity index (χ0) is 16.6. The molecule has 1 aliphatic rings. The first-order chi connectivity index (χ1) is 11.0. The molecule has 0 saturated heterocycles. The molecule has 7 heteroatoms. The molecule has 1 aromatic heterocycles. The molecule has 2 aromatic rings. The summed E-state index contributed by atoms with van der Waals surface area (Å²) in [6, 6.07) is 7.13. The van der Waals surface area contributed by atoms with Gasteiger partial charge in [0.15, 0.2) is 0 Å². The number of aliphatic carboxylic acids is 1. The molecular formula is C16H19ClN4O2. The molecule has 0 radical (unpaired) electrons. The van der Waals surface area contributed by atoms with Crippen molar-refractivity contribution in [3.63, 3.8) is 0 Å². The second-order valence-electron chi connectivity index (χ2n) is 6.01. The first kappa shape index (κ1) is 16.0. The van der Waals surface area contributed by atoms with Crippen LogP contribution in [0.4, 0.5) is 0 Å². The van der Waals surface area contributed by atoms with Crippen molar-refractivity contribution in [3.05, 3.63) is 46.5 Å². The summed E-state index contributed by atoms with van der Waals surface area (Å²) in [7, 11) is 0. The Morgan fingerprint density at radius 1 is 1.48 bits per heavy atom. The van der Waals surface area contributed by atoms with Crippen LogP contribution in [0.3, 0.4) is 0 Å². The van der Waals surface area contributed by atoms with Crippen molar-refractivity contribution in [2.24, 2.45) is 0 Å². The van der Waals surface area contributed by atoms with E-state index in [4.69, 9.17) is 11.6 Å². The first-order valence-electron chi connectivity index (χ1n) is 7.56. The largest absolute Gasteiger partial charge is 0.480 e. The Labute approximate surface area is 139 Å². The Balaban J connectivity index is 1.81. The van der Waals surface area contributed by atoms with Crippen molar-refractivity contribution in [3.8, 4) is 0 Å². The lowest BCUT2D eigenvalue weighted by atomic mass is 9.99. The molecule has 0 amide bonds. The van der Waals surface area contributed by atoms with Gasteiger partial charge in [0.2, 0.25) is 0 Å². The number of hydrogen-bond acceptors (Lipinski definition) is 4. The van der Waals surface area contributed by atoms with Crippen LogP contribution in [0.1, 0.15) is 30.1 Å². The highest BCUT2D eigenvalue weighted by Crippen LogP contribution is 2.24. The predicted octanol–water partition coefficient (Wildman–Crippen LogP) is 2.31. The van der Waals surface area contributed by atoms with E-state index >= 15 is 0 Å². The summed E-state index contributed by atoms with van der Waals surface area (Å²) in [5.74, 6) is 0.931. The smallest absolute Gasteiger partial charge is 0.322 e. The molecule has 0 aliphatic carbocycles. The van der Waals surface area contributed by atoms with Gasteiger partial charge < -0.3 is 9.67 Å². The van der Waals surface area contributed by atoms with Gasteiger partial charge in [0, 0.05) is 11.6 Å². The van der Waals surface area contributed by atoms with E-state index in [1.807, 2.05) is 40.7 Å². The highest BCUT2D eigenvalue weighted by molar-refractivity contribution is 6.30. The summed E-state index contributed by atoms with van der Waals surface area (Å²) in [6.45, 7) is 5.42. The molecule has 1 N–H and O–H groups in total. The van der Waals surface area contributed by atoms with Crippen LogP contribution in [-0.4, -0.2) is 43.3 Å². The molecule has 6 nitrogen and oxygen atoms in total. The second-order valence-corrected chi connectivity index (χ2v) is 6.45. The standard InChI is InChI=1S/C16H19ClN4O2/c1-10(12-4-3-5-13(17)6-12)7-20-9-15-19-18-11(2)21(15)8-14(20)16(22)23/h3-6,10,14H,7-9H2,1-2H3,(H,22,23). The maximum Gasteiger partial charge on any atom is 0.322 e. The number of carboxylic acid groups (broad SMARTS) is 1. The molecule has 2 unspecified atom stereocenters. The van der Waals surface area contributed by atoms with Crippen molar-refractivity contribution in [1.82, 2.24) is 19.7 Å². The third-order valence-corrected chi connectivity index (χ3v) is 4.60. The average Bonchev–Trinajstić information content (AvgIpc) is 2.87. The zero-order valence-corrected chi connectivity index (χ0v) is 13.9. The Bertz CT molecular complexity index is 731. The topological polar surface area (TPSA) is 71.2 Å². The van der Waals surface area contributed by atoms with Gasteiger partial charge in [-0.3, -0.25) is 9.69 Å². The Morgan fingerprint density at radius 2 is 2.26 bits per heavy atom. The normalized spacial score (nSPS) is 19.3. The highest BCUT2D eigenvalue weighted by atomic mass is 35.5. The van der Waals surface area contributed by atoms with E-state index in [1.54, 1.807) is 0 Å². The molecule has 2 atom stereocenters. The Morgan fingerprint density at radius 3 is 2.96 bits per heavy atom. The molecule has 0 bridgehead atoms. The van der Waals surface area contributed by atoms with Crippen molar-refractivity contribution in [2.75, 3.05) is 6.54 Å². The molecule has 1 aliphatic heterocycles. The minimum absolute atomic E-state index is 0.172. The number of fused-ring (bicyclic) bond motifs is 1. The summed E-state index contributed by atoms with van der Waals surface area (Å²) in [5.41, 5.74) is 1.10. The molecule has 122 valence electrons. The lowest BCUT2D eigenvalue weighted by Gasteiger charge is -2.35. The molecule has 0 saturated carbocycles. The van der Waals surface area contributed by atoms with Gasteiger partial charge in [0.25, 0.3) is 0 Å². The molecule has 2 heterocycles. The number of carboxylic acids is 1. The minimum atomic E-state index is -0.818. The third kappa shape index (κ3) is 3.23. The van der Waals surface area contributed by atoms with Crippen LogP contribution in [0.25, 0.3) is 0 Å². The molecule has 1 aromatic carbocycles. The average molecular weight is 335 g/mol. The molecule has 3 rings (SSSR count).